The molecule has 4 aliphatic rings. The SMILES string of the molecule is C/C=C/C1=CN2C(=O)c3cc(OC)c(OCCCOc4cc(N=CN5CC(/C=C/C)=CN5C=O)c(C)cc4OC)cc3N(C(=O)OCc3ccc(NC(=O)C(C)NC(=O)[C@@H](NC(=O)CCOCCOCCOCCOCCNC(=O)CC4CCCCCCC4)C(C)C)cc3)C(O)C2C1. The van der Waals surface area contributed by atoms with Crippen LogP contribution >= 0.6 is 0 Å². The number of benzene rings is 3. The van der Waals surface area contributed by atoms with Crippen LogP contribution in [0, 0.1) is 18.8 Å². The van der Waals surface area contributed by atoms with E-state index in [0.717, 1.165) is 34.5 Å². The van der Waals surface area contributed by atoms with E-state index < -0.39 is 54.1 Å². The first-order valence-electron chi connectivity index (χ1n) is 33.9. The van der Waals surface area contributed by atoms with Crippen molar-refractivity contribution in [3.8, 4) is 23.0 Å². The summed E-state index contributed by atoms with van der Waals surface area (Å²) in [4.78, 5) is 99.7. The van der Waals surface area contributed by atoms with E-state index in [-0.39, 0.29) is 80.5 Å². The fourth-order valence-electron chi connectivity index (χ4n) is 11.5. The summed E-state index contributed by atoms with van der Waals surface area (Å²) in [6.07, 6.45) is 20.4. The molecule has 1 saturated carbocycles. The van der Waals surface area contributed by atoms with Crippen molar-refractivity contribution >= 4 is 65.4 Å². The number of aryl methyl sites for hydroxylation is 1. The van der Waals surface area contributed by atoms with Crippen molar-refractivity contribution in [1.82, 2.24) is 30.9 Å². The second-order valence-electron chi connectivity index (χ2n) is 24.6. The summed E-state index contributed by atoms with van der Waals surface area (Å²) in [7, 11) is 2.96. The van der Waals surface area contributed by atoms with Crippen LogP contribution in [0.25, 0.3) is 0 Å². The molecule has 3 heterocycles. The quantitative estimate of drug-likeness (QED) is 0.0155. The number of hydrogen-bond acceptors (Lipinski definition) is 18. The van der Waals surface area contributed by atoms with Gasteiger partial charge in [0, 0.05) is 56.0 Å². The largest absolute Gasteiger partial charge is 0.493 e. The predicted octanol–water partition coefficient (Wildman–Crippen LogP) is 8.73. The summed E-state index contributed by atoms with van der Waals surface area (Å²) in [6.45, 7) is 14.3. The van der Waals surface area contributed by atoms with E-state index in [4.69, 9.17) is 42.6 Å². The first-order valence-corrected chi connectivity index (χ1v) is 33.9. The number of anilines is 2. The van der Waals surface area contributed by atoms with Crippen molar-refractivity contribution in [2.24, 2.45) is 16.8 Å². The number of hydrazine groups is 1. The molecule has 26 nitrogen and oxygen atoms in total. The minimum absolute atomic E-state index is 0.000719. The Hall–Kier alpha value is -8.82. The molecule has 1 aliphatic carbocycles. The first kappa shape index (κ1) is 76.5. The molecule has 3 aliphatic heterocycles. The van der Waals surface area contributed by atoms with Crippen molar-refractivity contribution in [2.75, 3.05) is 104 Å². The van der Waals surface area contributed by atoms with Gasteiger partial charge in [0.2, 0.25) is 30.0 Å². The van der Waals surface area contributed by atoms with Gasteiger partial charge in [0.1, 0.15) is 25.0 Å². The fraction of sp³-hybridized carbons (Fsp3) is 0.528. The number of allylic oxidation sites excluding steroid dienone is 3. The highest BCUT2D eigenvalue weighted by molar-refractivity contribution is 6.06. The van der Waals surface area contributed by atoms with Crippen LogP contribution in [0.5, 0.6) is 23.0 Å². The molecule has 0 spiro atoms. The van der Waals surface area contributed by atoms with Crippen LogP contribution in [-0.4, -0.2) is 186 Å². The van der Waals surface area contributed by atoms with E-state index in [1.54, 1.807) is 67.9 Å². The van der Waals surface area contributed by atoms with E-state index in [9.17, 15) is 38.7 Å². The van der Waals surface area contributed by atoms with Crippen LogP contribution in [0.3, 0.4) is 0 Å². The van der Waals surface area contributed by atoms with Gasteiger partial charge in [0.05, 0.1) is 110 Å². The highest BCUT2D eigenvalue weighted by Gasteiger charge is 2.45. The molecule has 7 rings (SSSR count). The molecule has 3 aromatic carbocycles. The summed E-state index contributed by atoms with van der Waals surface area (Å²) < 4.78 is 51.9. The second kappa shape index (κ2) is 40.2. The van der Waals surface area contributed by atoms with Gasteiger partial charge in [-0.25, -0.2) is 19.7 Å². The summed E-state index contributed by atoms with van der Waals surface area (Å²) in [5.74, 6) is -0.381. The van der Waals surface area contributed by atoms with E-state index in [1.807, 2.05) is 51.1 Å². The number of amides is 7. The number of nitrogens with zero attached hydrogens (tertiary/aromatic N) is 5. The van der Waals surface area contributed by atoms with Crippen molar-refractivity contribution in [2.45, 2.75) is 143 Å². The summed E-state index contributed by atoms with van der Waals surface area (Å²) >= 11 is 0. The third-order valence-corrected chi connectivity index (χ3v) is 16.8. The molecule has 1 fully saturated rings. The monoisotopic (exact) mass is 1360 g/mol. The molecule has 0 aromatic heterocycles. The van der Waals surface area contributed by atoms with Crippen LogP contribution in [-0.2, 0) is 54.3 Å². The van der Waals surface area contributed by atoms with Gasteiger partial charge in [0.15, 0.2) is 29.2 Å². The smallest absolute Gasteiger partial charge is 0.416 e. The number of nitrogens with one attached hydrogen (secondary N) is 4. The van der Waals surface area contributed by atoms with Gasteiger partial charge in [-0.1, -0.05) is 82.4 Å². The van der Waals surface area contributed by atoms with E-state index in [0.29, 0.717) is 106 Å². The highest BCUT2D eigenvalue weighted by Crippen LogP contribution is 2.43. The van der Waals surface area contributed by atoms with Crippen LogP contribution in [0.1, 0.15) is 127 Å². The Labute approximate surface area is 575 Å². The fourth-order valence-corrected chi connectivity index (χ4v) is 11.5. The molecule has 26 heteroatoms. The lowest BCUT2D eigenvalue weighted by atomic mass is 9.89. The zero-order valence-electron chi connectivity index (χ0n) is 57.9. The van der Waals surface area contributed by atoms with E-state index in [1.165, 1.54) is 75.3 Å². The lowest BCUT2D eigenvalue weighted by molar-refractivity contribution is -0.132. The van der Waals surface area contributed by atoms with Gasteiger partial charge in [-0.15, -0.1) is 0 Å². The lowest BCUT2D eigenvalue weighted by Crippen LogP contribution is -2.53. The number of fused-ring (bicyclic) bond motifs is 2. The number of carbonyl (C=O) groups excluding carboxylic acids is 7. The van der Waals surface area contributed by atoms with E-state index >= 15 is 0 Å². The topological polar surface area (TPSA) is 296 Å². The maximum Gasteiger partial charge on any atom is 0.416 e. The third-order valence-electron chi connectivity index (χ3n) is 16.8. The Morgan fingerprint density at radius 1 is 0.714 bits per heavy atom. The molecule has 7 amide bonds. The summed E-state index contributed by atoms with van der Waals surface area (Å²) in [5.41, 5.74) is 4.11. The zero-order chi connectivity index (χ0) is 70.3. The third kappa shape index (κ3) is 23.2. The van der Waals surface area contributed by atoms with Crippen LogP contribution in [0.15, 0.2) is 101 Å². The number of aliphatic imine (C=N–C) groups is 1. The molecule has 4 atom stereocenters. The predicted molar refractivity (Wildman–Crippen MR) is 369 cm³/mol. The number of ether oxygens (including phenoxy) is 9. The average Bonchev–Trinajstić information content (AvgIpc) is 1.60. The van der Waals surface area contributed by atoms with Crippen LogP contribution in [0.2, 0.25) is 0 Å². The van der Waals surface area contributed by atoms with Gasteiger partial charge < -0.3 is 73.9 Å². The Kier molecular flexibility index (Phi) is 31.4. The zero-order valence-corrected chi connectivity index (χ0v) is 57.9. The molecule has 0 radical (unpaired) electrons. The van der Waals surface area contributed by atoms with Gasteiger partial charge in [0.25, 0.3) is 5.91 Å². The Balaban J connectivity index is 0.836. The van der Waals surface area contributed by atoms with Crippen molar-refractivity contribution < 1.29 is 81.3 Å². The number of rotatable bonds is 38. The second-order valence-corrected chi connectivity index (χ2v) is 24.6. The summed E-state index contributed by atoms with van der Waals surface area (Å²) in [6, 6.07) is 10.2. The van der Waals surface area contributed by atoms with Crippen LogP contribution < -0.4 is 45.1 Å². The van der Waals surface area contributed by atoms with Crippen molar-refractivity contribution in [3.05, 3.63) is 113 Å². The number of carbonyl (C=O) groups is 7. The Bertz CT molecular complexity index is 3290. The maximum absolute atomic E-state index is 14.4. The molecule has 0 saturated heterocycles. The molecule has 5 N–H and O–H groups in total. The molecule has 0 bridgehead atoms. The van der Waals surface area contributed by atoms with Crippen molar-refractivity contribution in [1.29, 1.82) is 0 Å². The Morgan fingerprint density at radius 2 is 1.34 bits per heavy atom. The Morgan fingerprint density at radius 3 is 1.98 bits per heavy atom. The van der Waals surface area contributed by atoms with E-state index in [2.05, 4.69) is 26.3 Å². The van der Waals surface area contributed by atoms with Gasteiger partial charge >= 0.3 is 6.09 Å². The average molecular weight is 1360 g/mol. The first-order chi connectivity index (χ1) is 47.4. The van der Waals surface area contributed by atoms with Crippen LogP contribution in [0.4, 0.5) is 21.9 Å². The molecule has 3 aromatic rings. The normalized spacial score (nSPS) is 17.2. The maximum atomic E-state index is 14.4. The standard InChI is InChI=1S/C72H99N9O17/c1-9-17-54-38-60-71(88)81(59-42-64(62(91-8)40-57(59)70(87)80(60)45-54)97-28-16-27-96-63-41-58(50(5)37-61(63)90-7)74-47-78-43-55(18-10-2)44-79(78)48-82)72(89)98-46-53-21-23-56(24-22-53)76-68(85)51(6)75-69(86)67(49(3)4)77-65(83)25-29-92-31-33-94-35-36-95-34-32-93-30-26-73-66(84)39-52-19-14-12-11-13-15-20-52/h9-10,17-18,21-24,37,40-42,44-45,47-49,51-52,60,67,71,88H,11-16,19-20,25-36,38-39,43,46H2,1-8H3,(H,73,84)(H,75,86)(H,76,85)(H,77,83)/b17-9+,18-10+,74-47?/t51?,60?,67-,71?/m0/s1. The van der Waals surface area contributed by atoms with Gasteiger partial charge in [-0.05, 0) is 105 Å². The minimum atomic E-state index is -1.57. The number of aliphatic hydroxyl groups is 1. The van der Waals surface area contributed by atoms with Gasteiger partial charge in [-0.3, -0.25) is 33.8 Å². The molecule has 3 unspecified atom stereocenters. The number of methoxy groups -OCH3 is 2. The molecular weight excluding hydrogens is 1260 g/mol. The van der Waals surface area contributed by atoms with Gasteiger partial charge in [-0.2, -0.15) is 0 Å². The minimum Gasteiger partial charge on any atom is -0.493 e. The molecule has 98 heavy (non-hydrogen) atoms. The highest BCUT2D eigenvalue weighted by atomic mass is 16.6. The summed E-state index contributed by atoms with van der Waals surface area (Å²) in [5, 5.41) is 26.4. The molecular formula is C72H99N9O17. The molecule has 534 valence electrons. The lowest BCUT2D eigenvalue weighted by Gasteiger charge is -2.31. The van der Waals surface area contributed by atoms with Crippen molar-refractivity contribution in [3.63, 3.8) is 0 Å². The number of hydrogen-bond donors (Lipinski definition) is 5. The number of aliphatic hydroxyl groups excluding tert-OH is 1.